The molecule has 1 atom stereocenters. The topological polar surface area (TPSA) is 72.7 Å². The number of aliphatic imine (C=N–C) groups is 1. The number of nitrogens with one attached hydrogen (secondary N) is 2. The molecule has 0 bridgehead atoms. The number of ether oxygens (including phenoxy) is 2. The Morgan fingerprint density at radius 2 is 2.21 bits per heavy atom. The van der Waals surface area contributed by atoms with Crippen molar-refractivity contribution in [3.05, 3.63) is 18.5 Å². The summed E-state index contributed by atoms with van der Waals surface area (Å²) >= 11 is 0. The number of nitrogens with zero attached hydrogens (tertiary/aromatic N) is 3. The number of hydrogen-bond acceptors (Lipinski definition) is 4. The molecule has 1 fully saturated rings. The highest BCUT2D eigenvalue weighted by Crippen LogP contribution is 2.12. The lowest BCUT2D eigenvalue weighted by Crippen LogP contribution is -2.38. The molecule has 8 heteroatoms. The first-order valence-electron chi connectivity index (χ1n) is 8.46. The van der Waals surface area contributed by atoms with E-state index in [-0.39, 0.29) is 24.0 Å². The van der Waals surface area contributed by atoms with Crippen LogP contribution in [0.15, 0.2) is 23.5 Å². The number of hydrogen-bond donors (Lipinski definition) is 2. The van der Waals surface area contributed by atoms with Crippen LogP contribution in [0.25, 0.3) is 0 Å². The molecule has 1 aromatic heterocycles. The van der Waals surface area contributed by atoms with Crippen LogP contribution in [0.4, 0.5) is 0 Å². The van der Waals surface area contributed by atoms with Crippen LogP contribution in [0.3, 0.4) is 0 Å². The predicted molar refractivity (Wildman–Crippen MR) is 106 cm³/mol. The molecular weight excluding hydrogens is 421 g/mol. The summed E-state index contributed by atoms with van der Waals surface area (Å²) in [7, 11) is 1.79. The van der Waals surface area contributed by atoms with Crippen LogP contribution in [0.1, 0.15) is 19.3 Å². The van der Waals surface area contributed by atoms with Gasteiger partial charge in [0, 0.05) is 58.2 Å². The van der Waals surface area contributed by atoms with Crippen molar-refractivity contribution in [2.45, 2.75) is 25.8 Å². The average molecular weight is 451 g/mol. The molecule has 7 nitrogen and oxygen atoms in total. The van der Waals surface area contributed by atoms with Crippen molar-refractivity contribution in [1.29, 1.82) is 0 Å². The second-order valence-electron chi connectivity index (χ2n) is 5.71. The van der Waals surface area contributed by atoms with Crippen LogP contribution in [-0.2, 0) is 16.0 Å². The largest absolute Gasteiger partial charge is 0.381 e. The summed E-state index contributed by atoms with van der Waals surface area (Å²) in [6.07, 6.45) is 6.89. The summed E-state index contributed by atoms with van der Waals surface area (Å²) in [5.74, 6) is 1.43. The van der Waals surface area contributed by atoms with Gasteiger partial charge in [0.25, 0.3) is 0 Å². The first kappa shape index (κ1) is 21.2. The van der Waals surface area contributed by atoms with Gasteiger partial charge in [0.1, 0.15) is 0 Å². The summed E-state index contributed by atoms with van der Waals surface area (Å²) < 4.78 is 12.9. The van der Waals surface area contributed by atoms with E-state index in [1.165, 1.54) is 0 Å². The number of halogens is 1. The summed E-state index contributed by atoms with van der Waals surface area (Å²) in [6.45, 7) is 5.99. The molecule has 2 N–H and O–H groups in total. The monoisotopic (exact) mass is 451 g/mol. The molecule has 0 saturated carbocycles. The zero-order valence-corrected chi connectivity index (χ0v) is 16.8. The fourth-order valence-electron chi connectivity index (χ4n) is 2.45. The van der Waals surface area contributed by atoms with E-state index in [2.05, 4.69) is 20.7 Å². The van der Waals surface area contributed by atoms with Crippen molar-refractivity contribution in [3.63, 3.8) is 0 Å². The molecule has 0 spiro atoms. The molecule has 1 aliphatic rings. The van der Waals surface area contributed by atoms with Crippen LogP contribution in [-0.4, -0.2) is 62.3 Å². The first-order chi connectivity index (χ1) is 11.4. The quantitative estimate of drug-likeness (QED) is 0.244. The van der Waals surface area contributed by atoms with E-state index in [9.17, 15) is 0 Å². The highest BCUT2D eigenvalue weighted by molar-refractivity contribution is 14.0. The van der Waals surface area contributed by atoms with Crippen molar-refractivity contribution in [3.8, 4) is 0 Å². The Bertz CT molecular complexity index is 436. The number of rotatable bonds is 10. The maximum Gasteiger partial charge on any atom is 0.190 e. The highest BCUT2D eigenvalue weighted by Gasteiger charge is 2.15. The summed E-state index contributed by atoms with van der Waals surface area (Å²) in [5.41, 5.74) is 0. The Hall–Kier alpha value is -0.870. The van der Waals surface area contributed by atoms with Crippen LogP contribution in [0.2, 0.25) is 0 Å². The minimum atomic E-state index is 0. The van der Waals surface area contributed by atoms with E-state index in [4.69, 9.17) is 9.47 Å². The molecule has 1 aliphatic heterocycles. The molecule has 0 radical (unpaired) electrons. The Morgan fingerprint density at radius 1 is 1.38 bits per heavy atom. The SMILES string of the molecule is CN=C(NCCCOCC1CCOC1)NCCCn1cccn1.I. The van der Waals surface area contributed by atoms with Gasteiger partial charge < -0.3 is 20.1 Å². The fourth-order valence-corrected chi connectivity index (χ4v) is 2.45. The van der Waals surface area contributed by atoms with Crippen LogP contribution in [0, 0.1) is 5.92 Å². The molecule has 1 saturated heterocycles. The van der Waals surface area contributed by atoms with Crippen molar-refractivity contribution >= 4 is 29.9 Å². The molecule has 1 unspecified atom stereocenters. The third-order valence-corrected chi connectivity index (χ3v) is 3.77. The molecule has 0 amide bonds. The molecule has 0 aliphatic carbocycles. The van der Waals surface area contributed by atoms with Gasteiger partial charge in [-0.25, -0.2) is 0 Å². The summed E-state index contributed by atoms with van der Waals surface area (Å²) in [5, 5.41) is 10.8. The van der Waals surface area contributed by atoms with Crippen molar-refractivity contribution in [2.24, 2.45) is 10.9 Å². The van der Waals surface area contributed by atoms with E-state index in [0.717, 1.165) is 71.3 Å². The lowest BCUT2D eigenvalue weighted by molar-refractivity contribution is 0.0888. The van der Waals surface area contributed by atoms with Gasteiger partial charge in [0.2, 0.25) is 0 Å². The maximum atomic E-state index is 5.68. The summed E-state index contributed by atoms with van der Waals surface area (Å²) in [6, 6.07) is 1.94. The van der Waals surface area contributed by atoms with Gasteiger partial charge in [-0.15, -0.1) is 24.0 Å². The van der Waals surface area contributed by atoms with E-state index >= 15 is 0 Å². The minimum Gasteiger partial charge on any atom is -0.381 e. The van der Waals surface area contributed by atoms with E-state index in [1.807, 2.05) is 16.9 Å². The highest BCUT2D eigenvalue weighted by atomic mass is 127. The van der Waals surface area contributed by atoms with Gasteiger partial charge in [-0.2, -0.15) is 5.10 Å². The molecule has 2 rings (SSSR count). The van der Waals surface area contributed by atoms with Gasteiger partial charge in [-0.3, -0.25) is 9.67 Å². The molecule has 2 heterocycles. The van der Waals surface area contributed by atoms with Gasteiger partial charge >= 0.3 is 0 Å². The van der Waals surface area contributed by atoms with Gasteiger partial charge in [0.15, 0.2) is 5.96 Å². The Labute approximate surface area is 161 Å². The maximum absolute atomic E-state index is 5.68. The average Bonchev–Trinajstić information content (AvgIpc) is 3.26. The molecule has 1 aromatic rings. The smallest absolute Gasteiger partial charge is 0.190 e. The molecule has 138 valence electrons. The second kappa shape index (κ2) is 13.4. The lowest BCUT2D eigenvalue weighted by atomic mass is 10.1. The fraction of sp³-hybridized carbons (Fsp3) is 0.750. The normalized spacial score (nSPS) is 17.5. The molecule has 0 aromatic carbocycles. The number of aromatic nitrogens is 2. The van der Waals surface area contributed by atoms with Crippen LogP contribution in [0.5, 0.6) is 0 Å². The zero-order chi connectivity index (χ0) is 16.2. The van der Waals surface area contributed by atoms with E-state index in [0.29, 0.717) is 5.92 Å². The number of aryl methyl sites for hydroxylation is 1. The first-order valence-corrected chi connectivity index (χ1v) is 8.46. The summed E-state index contributed by atoms with van der Waals surface area (Å²) in [4.78, 5) is 4.22. The third-order valence-electron chi connectivity index (χ3n) is 3.77. The molecule has 24 heavy (non-hydrogen) atoms. The predicted octanol–water partition coefficient (Wildman–Crippen LogP) is 1.50. The van der Waals surface area contributed by atoms with Gasteiger partial charge in [0.05, 0.1) is 13.2 Å². The third kappa shape index (κ3) is 8.84. The zero-order valence-electron chi connectivity index (χ0n) is 14.4. The molecular formula is C16H30IN5O2. The lowest BCUT2D eigenvalue weighted by Gasteiger charge is -2.12. The van der Waals surface area contributed by atoms with Crippen LogP contribution < -0.4 is 10.6 Å². The van der Waals surface area contributed by atoms with Crippen molar-refractivity contribution in [2.75, 3.05) is 46.6 Å². The second-order valence-corrected chi connectivity index (χ2v) is 5.71. The van der Waals surface area contributed by atoms with E-state index in [1.54, 1.807) is 13.2 Å². The van der Waals surface area contributed by atoms with Crippen LogP contribution >= 0.6 is 24.0 Å². The Morgan fingerprint density at radius 3 is 2.88 bits per heavy atom. The minimum absolute atomic E-state index is 0. The van der Waals surface area contributed by atoms with Gasteiger partial charge in [-0.05, 0) is 25.3 Å². The Kier molecular flexibility index (Phi) is 11.8. The Balaban J connectivity index is 0.00000288. The number of guanidine groups is 1. The van der Waals surface area contributed by atoms with Gasteiger partial charge in [-0.1, -0.05) is 0 Å². The van der Waals surface area contributed by atoms with E-state index < -0.39 is 0 Å². The van der Waals surface area contributed by atoms with Crippen molar-refractivity contribution in [1.82, 2.24) is 20.4 Å². The van der Waals surface area contributed by atoms with Crippen molar-refractivity contribution < 1.29 is 9.47 Å². The standard InChI is InChI=1S/C16H29N5O2.HI/c1-17-16(18-6-2-9-21-10-3-8-20-21)19-7-4-11-22-13-15-5-12-23-14-15;/h3,8,10,15H,2,4-7,9,11-14H2,1H3,(H2,17,18,19);1H.